The van der Waals surface area contributed by atoms with Crippen molar-refractivity contribution < 1.29 is 13.6 Å². The van der Waals surface area contributed by atoms with Crippen LogP contribution in [0.25, 0.3) is 0 Å². The third-order valence-electron chi connectivity index (χ3n) is 1.74. The molecule has 1 unspecified atom stereocenters. The van der Waals surface area contributed by atoms with Crippen LogP contribution in [0.1, 0.15) is 11.1 Å². The predicted octanol–water partition coefficient (Wildman–Crippen LogP) is 0.794. The first-order valence-corrected chi connectivity index (χ1v) is 4.71. The molecule has 0 fully saturated rings. The third-order valence-corrected chi connectivity index (χ3v) is 2.71. The van der Waals surface area contributed by atoms with Crippen molar-refractivity contribution in [2.45, 2.75) is 18.7 Å². The van der Waals surface area contributed by atoms with E-state index in [0.29, 0.717) is 21.8 Å². The summed E-state index contributed by atoms with van der Waals surface area (Å²) in [5, 5.41) is 0. The normalized spacial score (nSPS) is 12.6. The van der Waals surface area contributed by atoms with Crippen LogP contribution in [0.15, 0.2) is 17.0 Å². The van der Waals surface area contributed by atoms with Gasteiger partial charge in [-0.3, -0.25) is 4.21 Å². The molecular weight excluding hydrogens is 190 g/mol. The van der Waals surface area contributed by atoms with Gasteiger partial charge in [0.2, 0.25) is 0 Å². The zero-order chi connectivity index (χ0) is 10.0. The Morgan fingerprint density at radius 1 is 1.38 bits per heavy atom. The minimum atomic E-state index is -2.21. The fraction of sp³-hybridized carbons (Fsp3) is 0.250. The van der Waals surface area contributed by atoms with Crippen LogP contribution in [0.2, 0.25) is 0 Å². The van der Waals surface area contributed by atoms with Gasteiger partial charge < -0.3 is 9.39 Å². The van der Waals surface area contributed by atoms with E-state index in [2.05, 4.69) is 4.84 Å². The van der Waals surface area contributed by atoms with Gasteiger partial charge in [0.1, 0.15) is 5.75 Å². The van der Waals surface area contributed by atoms with Crippen molar-refractivity contribution in [3.63, 3.8) is 0 Å². The van der Waals surface area contributed by atoms with Crippen LogP contribution in [-0.4, -0.2) is 8.76 Å². The van der Waals surface area contributed by atoms with Gasteiger partial charge in [-0.1, -0.05) is 0 Å². The van der Waals surface area contributed by atoms with Crippen molar-refractivity contribution in [1.29, 1.82) is 0 Å². The van der Waals surface area contributed by atoms with Crippen molar-refractivity contribution >= 4 is 11.1 Å². The monoisotopic (exact) mass is 200 g/mol. The highest BCUT2D eigenvalue weighted by atomic mass is 32.2. The first-order chi connectivity index (χ1) is 6.06. The molecule has 0 aliphatic rings. The van der Waals surface area contributed by atoms with E-state index in [1.807, 2.05) is 0 Å². The van der Waals surface area contributed by atoms with E-state index in [9.17, 15) is 8.76 Å². The maximum absolute atomic E-state index is 10.8. The Kier molecular flexibility index (Phi) is 3.02. The van der Waals surface area contributed by atoms with Crippen LogP contribution in [0.5, 0.6) is 5.75 Å². The number of hydrogen-bond donors (Lipinski definition) is 1. The van der Waals surface area contributed by atoms with Gasteiger partial charge in [0.05, 0.1) is 0 Å². The molecule has 4 nitrogen and oxygen atoms in total. The SMILES string of the molecule is Cc1cc(ON)cc(C)c1S(=O)[O-]. The lowest BCUT2D eigenvalue weighted by Gasteiger charge is -2.13. The fourth-order valence-corrected chi connectivity index (χ4v) is 1.89. The van der Waals surface area contributed by atoms with E-state index in [4.69, 9.17) is 5.90 Å². The Morgan fingerprint density at radius 3 is 2.15 bits per heavy atom. The van der Waals surface area contributed by atoms with Crippen LogP contribution < -0.4 is 10.7 Å². The van der Waals surface area contributed by atoms with E-state index in [1.165, 1.54) is 0 Å². The molecule has 0 spiro atoms. The molecule has 0 aliphatic heterocycles. The van der Waals surface area contributed by atoms with Crippen LogP contribution in [-0.2, 0) is 11.1 Å². The molecule has 2 N–H and O–H groups in total. The standard InChI is InChI=1S/C8H11NO3S/c1-5-3-7(12-9)4-6(2)8(5)13(10)11/h3-4H,9H2,1-2H3,(H,10,11)/p-1. The van der Waals surface area contributed by atoms with Crippen molar-refractivity contribution in [2.75, 3.05) is 0 Å². The fourth-order valence-electron chi connectivity index (χ4n) is 1.24. The maximum atomic E-state index is 10.8. The van der Waals surface area contributed by atoms with Crippen LogP contribution >= 0.6 is 0 Å². The van der Waals surface area contributed by atoms with Gasteiger partial charge in [-0.25, -0.2) is 0 Å². The molecule has 0 aromatic heterocycles. The highest BCUT2D eigenvalue weighted by Crippen LogP contribution is 2.23. The number of aryl methyl sites for hydroxylation is 2. The van der Waals surface area contributed by atoms with Crippen LogP contribution in [0, 0.1) is 13.8 Å². The third kappa shape index (κ3) is 2.06. The average molecular weight is 200 g/mol. The van der Waals surface area contributed by atoms with Gasteiger partial charge in [-0.05, 0) is 48.2 Å². The Hall–Kier alpha value is -0.910. The predicted molar refractivity (Wildman–Crippen MR) is 47.9 cm³/mol. The molecule has 0 saturated heterocycles. The average Bonchev–Trinajstić information content (AvgIpc) is 2.02. The summed E-state index contributed by atoms with van der Waals surface area (Å²) in [7, 11) is 0. The molecule has 1 aromatic carbocycles. The van der Waals surface area contributed by atoms with Gasteiger partial charge in [0.15, 0.2) is 0 Å². The number of hydrogen-bond acceptors (Lipinski definition) is 4. The second-order valence-corrected chi connectivity index (χ2v) is 3.62. The molecule has 5 heteroatoms. The summed E-state index contributed by atoms with van der Waals surface area (Å²) in [6, 6.07) is 3.16. The topological polar surface area (TPSA) is 75.4 Å². The van der Waals surface area contributed by atoms with Crippen molar-refractivity contribution in [3.05, 3.63) is 23.3 Å². The Morgan fingerprint density at radius 2 is 1.85 bits per heavy atom. The molecule has 0 saturated carbocycles. The smallest absolute Gasteiger partial charge is 0.147 e. The van der Waals surface area contributed by atoms with E-state index < -0.39 is 11.1 Å². The van der Waals surface area contributed by atoms with Gasteiger partial charge in [0, 0.05) is 4.90 Å². The quantitative estimate of drug-likeness (QED) is 0.565. The molecule has 1 rings (SSSR count). The number of rotatable bonds is 2. The lowest BCUT2D eigenvalue weighted by atomic mass is 10.1. The summed E-state index contributed by atoms with van der Waals surface area (Å²) in [4.78, 5) is 4.82. The molecule has 1 atom stereocenters. The first-order valence-electron chi connectivity index (χ1n) is 3.63. The minimum absolute atomic E-state index is 0.306. The van der Waals surface area contributed by atoms with Crippen molar-refractivity contribution in [2.24, 2.45) is 5.90 Å². The summed E-state index contributed by atoms with van der Waals surface area (Å²) in [5.41, 5.74) is 1.27. The number of benzene rings is 1. The Balaban J connectivity index is 3.31. The molecule has 0 radical (unpaired) electrons. The molecule has 0 amide bonds. The van der Waals surface area contributed by atoms with Crippen LogP contribution in [0.3, 0.4) is 0 Å². The van der Waals surface area contributed by atoms with Crippen molar-refractivity contribution in [3.8, 4) is 5.75 Å². The van der Waals surface area contributed by atoms with Gasteiger partial charge >= 0.3 is 0 Å². The second-order valence-electron chi connectivity index (χ2n) is 2.74. The zero-order valence-corrected chi connectivity index (χ0v) is 8.18. The van der Waals surface area contributed by atoms with E-state index in [1.54, 1.807) is 26.0 Å². The molecule has 0 aliphatic carbocycles. The summed E-state index contributed by atoms with van der Waals surface area (Å²) < 4.78 is 21.5. The largest absolute Gasteiger partial charge is 0.768 e. The van der Waals surface area contributed by atoms with Gasteiger partial charge in [-0.15, -0.1) is 0 Å². The highest BCUT2D eigenvalue weighted by Gasteiger charge is 2.05. The zero-order valence-electron chi connectivity index (χ0n) is 7.37. The molecule has 1 aromatic rings. The minimum Gasteiger partial charge on any atom is -0.768 e. The second kappa shape index (κ2) is 3.87. The van der Waals surface area contributed by atoms with Gasteiger partial charge in [0.25, 0.3) is 0 Å². The summed E-state index contributed by atoms with van der Waals surface area (Å²) in [5.74, 6) is 5.42. The Bertz CT molecular complexity index is 328. The van der Waals surface area contributed by atoms with Crippen LogP contribution in [0.4, 0.5) is 0 Å². The lowest BCUT2D eigenvalue weighted by Crippen LogP contribution is -2.04. The van der Waals surface area contributed by atoms with E-state index in [-0.39, 0.29) is 0 Å². The first kappa shape index (κ1) is 10.2. The molecule has 13 heavy (non-hydrogen) atoms. The van der Waals surface area contributed by atoms with Gasteiger partial charge in [-0.2, -0.15) is 5.90 Å². The summed E-state index contributed by atoms with van der Waals surface area (Å²) in [6.07, 6.45) is 0. The number of nitrogens with two attached hydrogens (primary N) is 1. The highest BCUT2D eigenvalue weighted by molar-refractivity contribution is 7.79. The summed E-state index contributed by atoms with van der Waals surface area (Å²) >= 11 is -2.21. The maximum Gasteiger partial charge on any atom is 0.147 e. The van der Waals surface area contributed by atoms with Crippen molar-refractivity contribution in [1.82, 2.24) is 0 Å². The molecule has 72 valence electrons. The molecular formula is C8H10NO3S-. The molecule has 0 bridgehead atoms. The molecule has 0 heterocycles. The Labute approximate surface area is 78.9 Å². The van der Waals surface area contributed by atoms with E-state index >= 15 is 0 Å². The summed E-state index contributed by atoms with van der Waals surface area (Å²) in [6.45, 7) is 3.39. The lowest BCUT2D eigenvalue weighted by molar-refractivity contribution is 0.333. The van der Waals surface area contributed by atoms with E-state index in [0.717, 1.165) is 0 Å².